The number of benzene rings is 1. The van der Waals surface area contributed by atoms with Crippen LogP contribution in [0.5, 0.6) is 0 Å². The van der Waals surface area contributed by atoms with Gasteiger partial charge in [-0.25, -0.2) is 18.0 Å². The number of unbranched alkanes of at least 4 members (excludes halogenated alkanes) is 1. The third-order valence-electron chi connectivity index (χ3n) is 7.86. The van der Waals surface area contributed by atoms with Crippen molar-refractivity contribution in [3.63, 3.8) is 0 Å². The van der Waals surface area contributed by atoms with Gasteiger partial charge in [0.15, 0.2) is 0 Å². The predicted molar refractivity (Wildman–Crippen MR) is 139 cm³/mol. The number of urea groups is 1. The van der Waals surface area contributed by atoms with Gasteiger partial charge in [-0.15, -0.1) is 0 Å². The third-order valence-corrected chi connectivity index (χ3v) is 8.16. The van der Waals surface area contributed by atoms with Crippen molar-refractivity contribution in [1.29, 1.82) is 0 Å². The summed E-state index contributed by atoms with van der Waals surface area (Å²) in [7, 11) is 3.38. The molecule has 1 aliphatic heterocycles. The molecule has 10 heteroatoms. The van der Waals surface area contributed by atoms with Gasteiger partial charge in [-0.2, -0.15) is 0 Å². The van der Waals surface area contributed by atoms with E-state index in [0.29, 0.717) is 58.2 Å². The summed E-state index contributed by atoms with van der Waals surface area (Å²) in [4.78, 5) is 14.9. The highest BCUT2D eigenvalue weighted by atomic mass is 35.5. The summed E-state index contributed by atoms with van der Waals surface area (Å²) in [6, 6.07) is 4.08. The molecule has 1 heterocycles. The van der Waals surface area contributed by atoms with E-state index >= 15 is 4.39 Å². The van der Waals surface area contributed by atoms with Crippen LogP contribution < -0.4 is 10.6 Å². The molecule has 6 nitrogen and oxygen atoms in total. The van der Waals surface area contributed by atoms with E-state index in [2.05, 4.69) is 10.6 Å². The van der Waals surface area contributed by atoms with Gasteiger partial charge in [0.05, 0.1) is 10.6 Å². The summed E-state index contributed by atoms with van der Waals surface area (Å²) in [5, 5.41) is 18.0. The molecule has 2 amide bonds. The van der Waals surface area contributed by atoms with Crippen LogP contribution in [0.1, 0.15) is 56.9 Å². The SMILES string of the molecule is CNCC(CC1C[C@@H](F)[C@@H](F)C1)NC(=O)N1CCCC([C@@](O)(CCCCOC)c2cccc(Cl)c2F)C1. The lowest BCUT2D eigenvalue weighted by atomic mass is 9.74. The molecule has 3 N–H and O–H groups in total. The predicted octanol–water partition coefficient (Wildman–Crippen LogP) is 4.97. The van der Waals surface area contributed by atoms with Gasteiger partial charge in [-0.1, -0.05) is 23.7 Å². The zero-order valence-electron chi connectivity index (χ0n) is 21.8. The fraction of sp³-hybridized carbons (Fsp3) is 0.741. The minimum atomic E-state index is -1.50. The van der Waals surface area contributed by atoms with E-state index in [1.165, 1.54) is 6.07 Å². The molecule has 0 bridgehead atoms. The van der Waals surface area contributed by atoms with E-state index in [-0.39, 0.29) is 53.9 Å². The van der Waals surface area contributed by atoms with E-state index in [1.54, 1.807) is 31.2 Å². The van der Waals surface area contributed by atoms with Crippen molar-refractivity contribution in [3.8, 4) is 0 Å². The fourth-order valence-electron chi connectivity index (χ4n) is 5.92. The average Bonchev–Trinajstić information content (AvgIpc) is 3.19. The van der Waals surface area contributed by atoms with E-state index in [4.69, 9.17) is 16.3 Å². The van der Waals surface area contributed by atoms with Gasteiger partial charge >= 0.3 is 6.03 Å². The Hall–Kier alpha value is -1.55. The Morgan fingerprint density at radius 2 is 2.03 bits per heavy atom. The maximum atomic E-state index is 15.1. The van der Waals surface area contributed by atoms with Crippen LogP contribution in [0.3, 0.4) is 0 Å². The number of carbonyl (C=O) groups excluding carboxylic acids is 1. The quantitative estimate of drug-likeness (QED) is 0.323. The third kappa shape index (κ3) is 7.74. The minimum absolute atomic E-state index is 0.0499. The van der Waals surface area contributed by atoms with Gasteiger partial charge in [0.2, 0.25) is 0 Å². The first kappa shape index (κ1) is 30.0. The molecule has 1 aromatic rings. The Bertz CT molecular complexity index is 873. The number of hydrogen-bond acceptors (Lipinski definition) is 4. The van der Waals surface area contributed by atoms with Gasteiger partial charge in [0.25, 0.3) is 0 Å². The molecular formula is C27H41ClF3N3O3. The molecule has 2 aliphatic rings. The fourth-order valence-corrected chi connectivity index (χ4v) is 6.09. The molecule has 2 fully saturated rings. The first-order valence-electron chi connectivity index (χ1n) is 13.3. The molecule has 1 aromatic carbocycles. The maximum absolute atomic E-state index is 15.1. The normalized spacial score (nSPS) is 26.6. The minimum Gasteiger partial charge on any atom is -0.385 e. The number of alkyl halides is 2. The number of methoxy groups -OCH3 is 1. The lowest BCUT2D eigenvalue weighted by Gasteiger charge is -2.43. The van der Waals surface area contributed by atoms with E-state index < -0.39 is 23.8 Å². The molecule has 1 aliphatic carbocycles. The highest BCUT2D eigenvalue weighted by Crippen LogP contribution is 2.42. The topological polar surface area (TPSA) is 73.8 Å². The zero-order valence-corrected chi connectivity index (χ0v) is 22.6. The Morgan fingerprint density at radius 1 is 1.30 bits per heavy atom. The van der Waals surface area contributed by atoms with Crippen molar-refractivity contribution < 1.29 is 27.8 Å². The van der Waals surface area contributed by atoms with E-state index in [1.807, 2.05) is 0 Å². The number of aliphatic hydroxyl groups is 1. The van der Waals surface area contributed by atoms with Crippen LogP contribution in [-0.4, -0.2) is 74.8 Å². The van der Waals surface area contributed by atoms with Gasteiger partial charge in [-0.3, -0.25) is 0 Å². The summed E-state index contributed by atoms with van der Waals surface area (Å²) >= 11 is 6.06. The largest absolute Gasteiger partial charge is 0.385 e. The van der Waals surface area contributed by atoms with Crippen molar-refractivity contribution in [2.75, 3.05) is 40.4 Å². The van der Waals surface area contributed by atoms with E-state index in [9.17, 15) is 18.7 Å². The standard InChI is InChI=1S/C27H41ClF3N3O3/c1-32-16-20(13-18-14-23(29)24(30)15-18)33-26(35)34-11-6-7-19(17-34)27(36,10-3-4-12-37-2)21-8-5-9-22(28)25(21)31/h5,8-9,18-20,23-24,32,36H,3-4,6-7,10-17H2,1-2H3,(H,33,35)/t18?,19?,20?,23-,24+,27-/m0/s1. The number of halogens is 4. The molecule has 1 saturated heterocycles. The van der Waals surface area contributed by atoms with Crippen LogP contribution in [0.25, 0.3) is 0 Å². The molecule has 37 heavy (non-hydrogen) atoms. The van der Waals surface area contributed by atoms with Gasteiger partial charge in [0.1, 0.15) is 18.2 Å². The lowest BCUT2D eigenvalue weighted by molar-refractivity contribution is -0.0587. The number of amides is 2. The summed E-state index contributed by atoms with van der Waals surface area (Å²) in [5.74, 6) is -1.15. The van der Waals surface area contributed by atoms with Crippen molar-refractivity contribution in [2.45, 2.75) is 75.4 Å². The molecule has 0 spiro atoms. The lowest BCUT2D eigenvalue weighted by Crippen LogP contribution is -2.54. The number of carbonyl (C=O) groups is 1. The number of nitrogens with zero attached hydrogens (tertiary/aromatic N) is 1. The number of likely N-dealkylation sites (tertiary alicyclic amines) is 1. The molecule has 0 radical (unpaired) electrons. The van der Waals surface area contributed by atoms with Crippen molar-refractivity contribution in [3.05, 3.63) is 34.6 Å². The van der Waals surface area contributed by atoms with E-state index in [0.717, 1.165) is 0 Å². The van der Waals surface area contributed by atoms with Crippen LogP contribution in [0.2, 0.25) is 5.02 Å². The number of likely N-dealkylation sites (N-methyl/N-ethyl adjacent to an activating group) is 1. The van der Waals surface area contributed by atoms with Gasteiger partial charge in [-0.05, 0) is 70.4 Å². The summed E-state index contributed by atoms with van der Waals surface area (Å²) in [6.07, 6.45) is 0.893. The zero-order chi connectivity index (χ0) is 27.0. The van der Waals surface area contributed by atoms with Crippen LogP contribution in [-0.2, 0) is 10.3 Å². The van der Waals surface area contributed by atoms with Crippen molar-refractivity contribution in [1.82, 2.24) is 15.5 Å². The summed E-state index contributed by atoms with van der Waals surface area (Å²) < 4.78 is 47.6. The van der Waals surface area contributed by atoms with Crippen molar-refractivity contribution in [2.24, 2.45) is 11.8 Å². The first-order valence-corrected chi connectivity index (χ1v) is 13.7. The van der Waals surface area contributed by atoms with Gasteiger partial charge in [0, 0.05) is 50.9 Å². The number of hydrogen-bond donors (Lipinski definition) is 3. The number of ether oxygens (including phenoxy) is 1. The second-order valence-corrected chi connectivity index (χ2v) is 11.0. The molecule has 6 atom stereocenters. The highest BCUT2D eigenvalue weighted by molar-refractivity contribution is 6.30. The second kappa shape index (κ2) is 14.0. The number of rotatable bonds is 12. The molecule has 210 valence electrons. The Labute approximate surface area is 223 Å². The van der Waals surface area contributed by atoms with Crippen molar-refractivity contribution >= 4 is 17.6 Å². The molecule has 3 unspecified atom stereocenters. The van der Waals surface area contributed by atoms with Crippen LogP contribution >= 0.6 is 11.6 Å². The van der Waals surface area contributed by atoms with Gasteiger partial charge < -0.3 is 25.4 Å². The summed E-state index contributed by atoms with van der Waals surface area (Å²) in [5.41, 5.74) is -1.34. The Morgan fingerprint density at radius 3 is 2.70 bits per heavy atom. The monoisotopic (exact) mass is 547 g/mol. The highest BCUT2D eigenvalue weighted by Gasteiger charge is 2.43. The van der Waals surface area contributed by atoms with Crippen LogP contribution in [0, 0.1) is 17.7 Å². The van der Waals surface area contributed by atoms with Crippen LogP contribution in [0.4, 0.5) is 18.0 Å². The average molecular weight is 548 g/mol. The first-order chi connectivity index (χ1) is 17.7. The molecule has 1 saturated carbocycles. The second-order valence-electron chi connectivity index (χ2n) is 10.6. The smallest absolute Gasteiger partial charge is 0.317 e. The molecular weight excluding hydrogens is 507 g/mol. The molecule has 3 rings (SSSR count). The Balaban J connectivity index is 1.72. The Kier molecular flexibility index (Phi) is 11.4. The van der Waals surface area contributed by atoms with Crippen LogP contribution in [0.15, 0.2) is 18.2 Å². The number of piperidine rings is 1. The summed E-state index contributed by atoms with van der Waals surface area (Å²) in [6.45, 7) is 1.78. The number of nitrogens with one attached hydrogen (secondary N) is 2. The maximum Gasteiger partial charge on any atom is 0.317 e. The molecule has 0 aromatic heterocycles.